The molecular weight excluding hydrogens is 226 g/mol. The largest absolute Gasteiger partial charge is 0.353 e. The average molecular weight is 245 g/mol. The van der Waals surface area contributed by atoms with Crippen LogP contribution in [0, 0.1) is 11.3 Å². The zero-order valence-electron chi connectivity index (χ0n) is 10.8. The van der Waals surface area contributed by atoms with Crippen molar-refractivity contribution in [2.75, 3.05) is 6.54 Å². The van der Waals surface area contributed by atoms with Crippen LogP contribution in [0.2, 0.25) is 0 Å². The highest BCUT2D eigenvalue weighted by Gasteiger charge is 2.12. The highest BCUT2D eigenvalue weighted by Crippen LogP contribution is 2.15. The maximum Gasteiger partial charge on any atom is 0.234 e. The second-order valence-corrected chi connectivity index (χ2v) is 4.43. The third kappa shape index (κ3) is 4.98. The first-order valence-corrected chi connectivity index (χ1v) is 6.08. The zero-order valence-corrected chi connectivity index (χ0v) is 10.8. The van der Waals surface area contributed by atoms with E-state index >= 15 is 0 Å². The Morgan fingerprint density at radius 1 is 1.33 bits per heavy atom. The second-order valence-electron chi connectivity index (χ2n) is 4.43. The lowest BCUT2D eigenvalue weighted by Crippen LogP contribution is -2.38. The van der Waals surface area contributed by atoms with Gasteiger partial charge >= 0.3 is 0 Å². The lowest BCUT2D eigenvalue weighted by molar-refractivity contribution is -0.120. The van der Waals surface area contributed by atoms with Crippen LogP contribution in [0.3, 0.4) is 0 Å². The predicted octanol–water partition coefficient (Wildman–Crippen LogP) is 1.76. The van der Waals surface area contributed by atoms with Crippen molar-refractivity contribution in [2.45, 2.75) is 32.4 Å². The van der Waals surface area contributed by atoms with Crippen molar-refractivity contribution in [3.05, 3.63) is 35.9 Å². The molecule has 0 saturated carbocycles. The molecule has 4 nitrogen and oxygen atoms in total. The van der Waals surface area contributed by atoms with E-state index in [1.165, 1.54) is 0 Å². The van der Waals surface area contributed by atoms with Crippen LogP contribution >= 0.6 is 0 Å². The topological polar surface area (TPSA) is 64.9 Å². The summed E-state index contributed by atoms with van der Waals surface area (Å²) in [5.41, 5.74) is 1.02. The SMILES string of the molecule is CC(C)NC(=O)CNC(CC#N)c1ccccc1. The van der Waals surface area contributed by atoms with Gasteiger partial charge in [-0.05, 0) is 19.4 Å². The van der Waals surface area contributed by atoms with Gasteiger partial charge in [0.2, 0.25) is 5.91 Å². The third-order valence-corrected chi connectivity index (χ3v) is 2.46. The minimum Gasteiger partial charge on any atom is -0.353 e. The second kappa shape index (κ2) is 7.46. The molecule has 0 aromatic heterocycles. The van der Waals surface area contributed by atoms with Crippen molar-refractivity contribution >= 4 is 5.91 Å². The third-order valence-electron chi connectivity index (χ3n) is 2.46. The van der Waals surface area contributed by atoms with Gasteiger partial charge in [0, 0.05) is 12.1 Å². The number of nitriles is 1. The number of carbonyl (C=O) groups is 1. The van der Waals surface area contributed by atoms with Crippen LogP contribution in [0.15, 0.2) is 30.3 Å². The minimum absolute atomic E-state index is 0.0520. The molecule has 1 amide bonds. The quantitative estimate of drug-likeness (QED) is 0.802. The molecule has 0 heterocycles. The van der Waals surface area contributed by atoms with E-state index in [1.54, 1.807) is 0 Å². The van der Waals surface area contributed by atoms with Crippen LogP contribution in [0.5, 0.6) is 0 Å². The Morgan fingerprint density at radius 3 is 2.56 bits per heavy atom. The fourth-order valence-electron chi connectivity index (χ4n) is 1.67. The molecule has 0 aliphatic heterocycles. The normalized spacial score (nSPS) is 11.9. The van der Waals surface area contributed by atoms with Gasteiger partial charge in [-0.1, -0.05) is 30.3 Å². The molecule has 4 heteroatoms. The van der Waals surface area contributed by atoms with Gasteiger partial charge in [0.05, 0.1) is 19.0 Å². The Morgan fingerprint density at radius 2 is 2.00 bits per heavy atom. The summed E-state index contributed by atoms with van der Waals surface area (Å²) in [4.78, 5) is 11.5. The van der Waals surface area contributed by atoms with Crippen LogP contribution in [0.4, 0.5) is 0 Å². The van der Waals surface area contributed by atoms with Gasteiger partial charge in [0.15, 0.2) is 0 Å². The fraction of sp³-hybridized carbons (Fsp3) is 0.429. The smallest absolute Gasteiger partial charge is 0.234 e. The first kappa shape index (κ1) is 14.2. The summed E-state index contributed by atoms with van der Waals surface area (Å²) >= 11 is 0. The number of carbonyl (C=O) groups excluding carboxylic acids is 1. The van der Waals surface area contributed by atoms with Gasteiger partial charge in [-0.15, -0.1) is 0 Å². The molecule has 0 aliphatic rings. The van der Waals surface area contributed by atoms with E-state index < -0.39 is 0 Å². The molecule has 18 heavy (non-hydrogen) atoms. The number of hydrogen-bond acceptors (Lipinski definition) is 3. The number of rotatable bonds is 6. The fourth-order valence-corrected chi connectivity index (χ4v) is 1.67. The Labute approximate surface area is 108 Å². The van der Waals surface area contributed by atoms with Crippen LogP contribution in [0.25, 0.3) is 0 Å². The number of nitrogens with zero attached hydrogens (tertiary/aromatic N) is 1. The van der Waals surface area contributed by atoms with E-state index in [-0.39, 0.29) is 24.5 Å². The van der Waals surface area contributed by atoms with Crippen LogP contribution in [-0.2, 0) is 4.79 Å². The Balaban J connectivity index is 2.55. The predicted molar refractivity (Wildman–Crippen MR) is 70.7 cm³/mol. The van der Waals surface area contributed by atoms with Crippen molar-refractivity contribution in [3.8, 4) is 6.07 Å². The van der Waals surface area contributed by atoms with E-state index in [9.17, 15) is 4.79 Å². The van der Waals surface area contributed by atoms with Crippen molar-refractivity contribution in [1.82, 2.24) is 10.6 Å². The van der Waals surface area contributed by atoms with Gasteiger partial charge in [-0.3, -0.25) is 4.79 Å². The molecule has 1 unspecified atom stereocenters. The molecule has 0 saturated heterocycles. The highest BCUT2D eigenvalue weighted by molar-refractivity contribution is 5.78. The van der Waals surface area contributed by atoms with Gasteiger partial charge in [-0.25, -0.2) is 0 Å². The molecule has 0 bridgehead atoms. The lowest BCUT2D eigenvalue weighted by atomic mass is 10.0. The van der Waals surface area contributed by atoms with E-state index in [1.807, 2.05) is 44.2 Å². The molecule has 0 fully saturated rings. The highest BCUT2D eigenvalue weighted by atomic mass is 16.1. The van der Waals surface area contributed by atoms with E-state index in [0.29, 0.717) is 6.42 Å². The Hall–Kier alpha value is -1.86. The van der Waals surface area contributed by atoms with Gasteiger partial charge in [0.1, 0.15) is 0 Å². The van der Waals surface area contributed by atoms with Gasteiger partial charge < -0.3 is 10.6 Å². The summed E-state index contributed by atoms with van der Waals surface area (Å²) in [7, 11) is 0. The Bertz CT molecular complexity index is 409. The van der Waals surface area contributed by atoms with Crippen molar-refractivity contribution < 1.29 is 4.79 Å². The molecule has 0 aliphatic carbocycles. The maximum absolute atomic E-state index is 11.5. The number of benzene rings is 1. The van der Waals surface area contributed by atoms with E-state index in [2.05, 4.69) is 16.7 Å². The molecule has 1 aromatic carbocycles. The van der Waals surface area contributed by atoms with Crippen molar-refractivity contribution in [1.29, 1.82) is 5.26 Å². The summed E-state index contributed by atoms with van der Waals surface area (Å²) in [6.07, 6.45) is 0.346. The number of hydrogen-bond donors (Lipinski definition) is 2. The summed E-state index contributed by atoms with van der Waals surface area (Å²) in [5.74, 6) is -0.0520. The van der Waals surface area contributed by atoms with Gasteiger partial charge in [0.25, 0.3) is 0 Å². The lowest BCUT2D eigenvalue weighted by Gasteiger charge is -2.16. The summed E-state index contributed by atoms with van der Waals surface area (Å²) in [5, 5.41) is 14.7. The van der Waals surface area contributed by atoms with Crippen molar-refractivity contribution in [2.24, 2.45) is 0 Å². The molecule has 2 N–H and O–H groups in total. The zero-order chi connectivity index (χ0) is 13.4. The first-order valence-electron chi connectivity index (χ1n) is 6.08. The number of nitrogens with one attached hydrogen (secondary N) is 2. The van der Waals surface area contributed by atoms with Crippen LogP contribution < -0.4 is 10.6 Å². The Kier molecular flexibility index (Phi) is 5.89. The minimum atomic E-state index is -0.103. The summed E-state index contributed by atoms with van der Waals surface area (Å²) < 4.78 is 0. The molecular formula is C14H19N3O. The molecule has 0 radical (unpaired) electrons. The van der Waals surface area contributed by atoms with Crippen LogP contribution in [-0.4, -0.2) is 18.5 Å². The summed E-state index contributed by atoms with van der Waals surface area (Å²) in [6.45, 7) is 4.06. The van der Waals surface area contributed by atoms with E-state index in [0.717, 1.165) is 5.56 Å². The molecule has 96 valence electrons. The van der Waals surface area contributed by atoms with Gasteiger partial charge in [-0.2, -0.15) is 5.26 Å². The molecule has 1 rings (SSSR count). The summed E-state index contributed by atoms with van der Waals surface area (Å²) in [6, 6.07) is 11.9. The first-order chi connectivity index (χ1) is 8.63. The van der Waals surface area contributed by atoms with Crippen LogP contribution in [0.1, 0.15) is 31.9 Å². The molecule has 1 aromatic rings. The molecule has 1 atom stereocenters. The standard InChI is InChI=1S/C14H19N3O/c1-11(2)17-14(18)10-16-13(8-9-15)12-6-4-3-5-7-12/h3-7,11,13,16H,8,10H2,1-2H3,(H,17,18). The molecule has 0 spiro atoms. The monoisotopic (exact) mass is 245 g/mol. The average Bonchev–Trinajstić information content (AvgIpc) is 2.34. The van der Waals surface area contributed by atoms with Crippen molar-refractivity contribution in [3.63, 3.8) is 0 Å². The number of amides is 1. The van der Waals surface area contributed by atoms with E-state index in [4.69, 9.17) is 5.26 Å². The maximum atomic E-state index is 11.5.